The van der Waals surface area contributed by atoms with Crippen molar-refractivity contribution in [3.05, 3.63) is 29.8 Å². The number of amidine groups is 1. The van der Waals surface area contributed by atoms with E-state index < -0.39 is 17.6 Å². The summed E-state index contributed by atoms with van der Waals surface area (Å²) in [4.78, 5) is 14.5. The predicted octanol–water partition coefficient (Wildman–Crippen LogP) is 1.98. The second-order valence-electron chi connectivity index (χ2n) is 3.46. The van der Waals surface area contributed by atoms with Crippen molar-refractivity contribution in [2.45, 2.75) is 6.18 Å². The van der Waals surface area contributed by atoms with Crippen LogP contribution in [0.3, 0.4) is 0 Å². The molecular formula is C11H9F3N4OS. The van der Waals surface area contributed by atoms with Crippen molar-refractivity contribution in [1.82, 2.24) is 5.32 Å². The molecule has 5 nitrogen and oxygen atoms in total. The van der Waals surface area contributed by atoms with Gasteiger partial charge in [0.1, 0.15) is 0 Å². The molecule has 1 aromatic carbocycles. The van der Waals surface area contributed by atoms with Gasteiger partial charge in [-0.3, -0.25) is 10.1 Å². The maximum Gasteiger partial charge on any atom is 0.416 e. The Morgan fingerprint density at radius 2 is 2.20 bits per heavy atom. The van der Waals surface area contributed by atoms with Crippen LogP contribution in [0.1, 0.15) is 5.56 Å². The van der Waals surface area contributed by atoms with Crippen LogP contribution in [0.4, 0.5) is 18.9 Å². The first-order valence-electron chi connectivity index (χ1n) is 5.15. The minimum Gasteiger partial charge on any atom is -0.369 e. The summed E-state index contributed by atoms with van der Waals surface area (Å²) in [5, 5.41) is 10.7. The van der Waals surface area contributed by atoms with Crippen LogP contribution in [0.15, 0.2) is 29.3 Å². The highest BCUT2D eigenvalue weighted by Crippen LogP contribution is 2.31. The zero-order chi connectivity index (χ0) is 15.2. The van der Waals surface area contributed by atoms with Crippen molar-refractivity contribution < 1.29 is 18.0 Å². The quantitative estimate of drug-likeness (QED) is 0.386. The van der Waals surface area contributed by atoms with Gasteiger partial charge in [-0.2, -0.15) is 18.4 Å². The minimum atomic E-state index is -4.48. The number of thioether (sulfide) groups is 1. The zero-order valence-corrected chi connectivity index (χ0v) is 10.8. The van der Waals surface area contributed by atoms with Crippen molar-refractivity contribution in [3.63, 3.8) is 0 Å². The van der Waals surface area contributed by atoms with Gasteiger partial charge < -0.3 is 5.73 Å². The molecule has 9 heteroatoms. The topological polar surface area (TPSA) is 91.3 Å². The van der Waals surface area contributed by atoms with Gasteiger partial charge in [0, 0.05) is 0 Å². The lowest BCUT2D eigenvalue weighted by atomic mass is 10.2. The Kier molecular flexibility index (Phi) is 5.40. The van der Waals surface area contributed by atoms with Gasteiger partial charge >= 0.3 is 6.18 Å². The number of benzene rings is 1. The fourth-order valence-electron chi connectivity index (χ4n) is 1.15. The van der Waals surface area contributed by atoms with Crippen LogP contribution < -0.4 is 11.1 Å². The fourth-order valence-corrected chi connectivity index (χ4v) is 1.72. The molecule has 0 spiro atoms. The molecule has 0 atom stereocenters. The molecule has 3 N–H and O–H groups in total. The molecule has 0 bridgehead atoms. The molecule has 0 aliphatic rings. The molecule has 0 aliphatic carbocycles. The Morgan fingerprint density at radius 1 is 1.50 bits per heavy atom. The maximum atomic E-state index is 12.5. The van der Waals surface area contributed by atoms with Crippen LogP contribution in [-0.2, 0) is 11.0 Å². The summed E-state index contributed by atoms with van der Waals surface area (Å²) in [6, 6.07) is 4.29. The molecule has 0 unspecified atom stereocenters. The number of amides is 1. The molecule has 0 saturated carbocycles. The molecule has 1 amide bonds. The summed E-state index contributed by atoms with van der Waals surface area (Å²) in [7, 11) is 0. The predicted molar refractivity (Wildman–Crippen MR) is 68.9 cm³/mol. The number of halogens is 3. The fraction of sp³-hybridized carbons (Fsp3) is 0.182. The number of carbonyl (C=O) groups excluding carboxylic acids is 1. The summed E-state index contributed by atoms with van der Waals surface area (Å²) in [6.45, 7) is 0. The van der Waals surface area contributed by atoms with Gasteiger partial charge in [-0.05, 0) is 18.2 Å². The highest BCUT2D eigenvalue weighted by Gasteiger charge is 2.30. The smallest absolute Gasteiger partial charge is 0.369 e. The van der Waals surface area contributed by atoms with E-state index in [-0.39, 0.29) is 16.6 Å². The Labute approximate surface area is 116 Å². The summed E-state index contributed by atoms with van der Waals surface area (Å²) in [5.74, 6) is -0.779. The zero-order valence-electron chi connectivity index (χ0n) is 9.94. The number of hydrogen-bond acceptors (Lipinski definition) is 4. The van der Waals surface area contributed by atoms with Crippen molar-refractivity contribution in [2.75, 3.05) is 5.75 Å². The van der Waals surface area contributed by atoms with Crippen LogP contribution in [0, 0.1) is 11.5 Å². The second-order valence-corrected chi connectivity index (χ2v) is 4.42. The first kappa shape index (κ1) is 15.8. The molecule has 0 saturated heterocycles. The largest absolute Gasteiger partial charge is 0.416 e. The van der Waals surface area contributed by atoms with Crippen molar-refractivity contribution in [1.29, 1.82) is 5.26 Å². The molecule has 1 aromatic rings. The Balaban J connectivity index is 2.99. The number of nitriles is 1. The normalized spacial score (nSPS) is 11.8. The van der Waals surface area contributed by atoms with E-state index in [1.165, 1.54) is 12.1 Å². The third-order valence-corrected chi connectivity index (χ3v) is 2.81. The van der Waals surface area contributed by atoms with Gasteiger partial charge in [0.15, 0.2) is 11.4 Å². The molecule has 0 fully saturated rings. The Morgan fingerprint density at radius 3 is 2.75 bits per heavy atom. The third kappa shape index (κ3) is 5.19. The lowest BCUT2D eigenvalue weighted by molar-refractivity contribution is -0.137. The highest BCUT2D eigenvalue weighted by molar-refractivity contribution is 8.14. The lowest BCUT2D eigenvalue weighted by Gasteiger charge is -2.07. The van der Waals surface area contributed by atoms with E-state index in [0.29, 0.717) is 0 Å². The molecule has 1 rings (SSSR count). The van der Waals surface area contributed by atoms with Gasteiger partial charge in [0.2, 0.25) is 5.91 Å². The van der Waals surface area contributed by atoms with Crippen LogP contribution in [0.5, 0.6) is 0 Å². The summed E-state index contributed by atoms with van der Waals surface area (Å²) in [6.07, 6.45) is -2.90. The number of nitrogens with one attached hydrogen (secondary N) is 1. The van der Waals surface area contributed by atoms with Crippen LogP contribution in [0.2, 0.25) is 0 Å². The van der Waals surface area contributed by atoms with E-state index in [4.69, 9.17) is 11.0 Å². The number of alkyl halides is 3. The third-order valence-electron chi connectivity index (χ3n) is 1.92. The van der Waals surface area contributed by atoms with E-state index >= 15 is 0 Å². The van der Waals surface area contributed by atoms with Crippen LogP contribution in [0.25, 0.3) is 0 Å². The van der Waals surface area contributed by atoms with Crippen molar-refractivity contribution in [2.24, 2.45) is 10.7 Å². The van der Waals surface area contributed by atoms with E-state index in [2.05, 4.69) is 10.3 Å². The lowest BCUT2D eigenvalue weighted by Crippen LogP contribution is -2.19. The van der Waals surface area contributed by atoms with E-state index in [1.54, 1.807) is 6.19 Å². The number of carbonyl (C=O) groups is 1. The SMILES string of the molecule is N#CNC(=Nc1cccc(C(F)(F)F)c1)SCC(N)=O. The molecule has 0 radical (unpaired) electrons. The van der Waals surface area contributed by atoms with E-state index in [9.17, 15) is 18.0 Å². The van der Waals surface area contributed by atoms with Gasteiger partial charge in [0.25, 0.3) is 0 Å². The number of hydrogen-bond donors (Lipinski definition) is 2. The number of primary amides is 1. The first-order valence-corrected chi connectivity index (χ1v) is 6.13. The summed E-state index contributed by atoms with van der Waals surface area (Å²) < 4.78 is 37.6. The number of rotatable bonds is 3. The average Bonchev–Trinajstić information content (AvgIpc) is 2.35. The number of aliphatic imine (C=N–C) groups is 1. The molecule has 20 heavy (non-hydrogen) atoms. The summed E-state index contributed by atoms with van der Waals surface area (Å²) in [5.41, 5.74) is 4.09. The van der Waals surface area contributed by atoms with Gasteiger partial charge in [-0.25, -0.2) is 4.99 Å². The van der Waals surface area contributed by atoms with Crippen molar-refractivity contribution in [3.8, 4) is 6.19 Å². The van der Waals surface area contributed by atoms with Gasteiger partial charge in [-0.15, -0.1) is 0 Å². The van der Waals surface area contributed by atoms with E-state index in [1.807, 2.05) is 0 Å². The Bertz CT molecular complexity index is 566. The van der Waals surface area contributed by atoms with Crippen LogP contribution in [-0.4, -0.2) is 16.8 Å². The summed E-state index contributed by atoms with van der Waals surface area (Å²) >= 11 is 0.823. The van der Waals surface area contributed by atoms with Gasteiger partial charge in [0.05, 0.1) is 17.0 Å². The standard InChI is InChI=1S/C11H9F3N4OS/c12-11(13,14)7-2-1-3-8(4-7)18-10(17-6-15)20-5-9(16)19/h1-4H,5H2,(H2,16,19)(H,17,18). The monoisotopic (exact) mass is 302 g/mol. The maximum absolute atomic E-state index is 12.5. The molecule has 106 valence electrons. The van der Waals surface area contributed by atoms with Crippen molar-refractivity contribution >= 4 is 28.5 Å². The molecule has 0 aliphatic heterocycles. The minimum absolute atomic E-state index is 0.00868. The van der Waals surface area contributed by atoms with Crippen LogP contribution >= 0.6 is 11.8 Å². The van der Waals surface area contributed by atoms with E-state index in [0.717, 1.165) is 23.9 Å². The molecular weight excluding hydrogens is 293 g/mol. The Hall–Kier alpha value is -2.21. The molecule has 0 heterocycles. The highest BCUT2D eigenvalue weighted by atomic mass is 32.2. The first-order chi connectivity index (χ1) is 9.32. The average molecular weight is 302 g/mol. The number of nitrogens with zero attached hydrogens (tertiary/aromatic N) is 2. The van der Waals surface area contributed by atoms with Gasteiger partial charge in [-0.1, -0.05) is 17.8 Å². The number of nitrogens with two attached hydrogens (primary N) is 1. The second kappa shape index (κ2) is 6.81. The molecule has 0 aromatic heterocycles.